The van der Waals surface area contributed by atoms with Crippen LogP contribution in [0.25, 0.3) is 0 Å². The SMILES string of the molecule is C=C/C=C/[C@H](C)[C@@H](O)C[C@H](C)OC(=O)CC(O)CC(O)CCC(O)C(O)CC(O)CC(O)(CCC(CCC(/C=C/C=C/C=C/C=C/C=C/C)OC[C@H](O)[C@@H](N)[C@H](O)COC)C(=O)O)OC. The van der Waals surface area contributed by atoms with Crippen molar-refractivity contribution >= 4 is 11.9 Å². The topological polar surface area (TPSA) is 299 Å². The zero-order valence-corrected chi connectivity index (χ0v) is 38.9. The van der Waals surface area contributed by atoms with Gasteiger partial charge >= 0.3 is 11.9 Å². The van der Waals surface area contributed by atoms with Gasteiger partial charge in [-0.2, -0.15) is 0 Å². The molecule has 17 heteroatoms. The van der Waals surface area contributed by atoms with Crippen LogP contribution in [0, 0.1) is 11.8 Å². The number of aliphatic hydroxyl groups is 9. The van der Waals surface area contributed by atoms with Crippen LogP contribution in [-0.4, -0.2) is 163 Å². The summed E-state index contributed by atoms with van der Waals surface area (Å²) in [5.74, 6) is -5.04. The summed E-state index contributed by atoms with van der Waals surface area (Å²) in [6.07, 6.45) is 10.5. The van der Waals surface area contributed by atoms with Gasteiger partial charge in [-0.1, -0.05) is 92.5 Å². The Labute approximate surface area is 385 Å². The van der Waals surface area contributed by atoms with Crippen molar-refractivity contribution in [2.24, 2.45) is 17.6 Å². The van der Waals surface area contributed by atoms with E-state index in [2.05, 4.69) is 6.58 Å². The van der Waals surface area contributed by atoms with Gasteiger partial charge in [0.1, 0.15) is 6.10 Å². The molecule has 0 saturated carbocycles. The van der Waals surface area contributed by atoms with Gasteiger partial charge in [-0.3, -0.25) is 9.59 Å². The number of hydrogen-bond donors (Lipinski definition) is 11. The van der Waals surface area contributed by atoms with Crippen LogP contribution in [0.1, 0.15) is 91.4 Å². The van der Waals surface area contributed by atoms with Gasteiger partial charge in [0.2, 0.25) is 0 Å². The molecule has 0 rings (SSSR count). The minimum Gasteiger partial charge on any atom is -0.481 e. The predicted molar refractivity (Wildman–Crippen MR) is 247 cm³/mol. The summed E-state index contributed by atoms with van der Waals surface area (Å²) >= 11 is 0. The predicted octanol–water partition coefficient (Wildman–Crippen LogP) is 2.67. The number of carbonyl (C=O) groups is 2. The lowest BCUT2D eigenvalue weighted by atomic mass is 9.90. The summed E-state index contributed by atoms with van der Waals surface area (Å²) in [7, 11) is 2.57. The molecular weight excluding hydrogens is 847 g/mol. The quantitative estimate of drug-likeness (QED) is 0.0241. The maximum Gasteiger partial charge on any atom is 0.308 e. The molecule has 12 N–H and O–H groups in total. The molecule has 14 atom stereocenters. The largest absolute Gasteiger partial charge is 0.481 e. The van der Waals surface area contributed by atoms with Gasteiger partial charge in [0.15, 0.2) is 5.79 Å². The number of allylic oxidation sites excluding steroid dienone is 11. The summed E-state index contributed by atoms with van der Waals surface area (Å²) in [5.41, 5.74) is 5.95. The van der Waals surface area contributed by atoms with E-state index in [1.807, 2.05) is 50.3 Å². The third-order valence-corrected chi connectivity index (χ3v) is 10.7. The minimum absolute atomic E-state index is 0.0612. The average molecular weight is 928 g/mol. The molecule has 0 fully saturated rings. The van der Waals surface area contributed by atoms with Crippen molar-refractivity contribution in [3.63, 3.8) is 0 Å². The minimum atomic E-state index is -2.00. The van der Waals surface area contributed by atoms with E-state index in [4.69, 9.17) is 24.7 Å². The molecule has 0 aliphatic heterocycles. The van der Waals surface area contributed by atoms with Crippen molar-refractivity contribution in [2.75, 3.05) is 27.4 Å². The Hall–Kier alpha value is -3.40. The third-order valence-electron chi connectivity index (χ3n) is 10.7. The van der Waals surface area contributed by atoms with Crippen molar-refractivity contribution in [3.05, 3.63) is 85.6 Å². The fourth-order valence-corrected chi connectivity index (χ4v) is 6.64. The van der Waals surface area contributed by atoms with E-state index in [9.17, 15) is 60.7 Å². The van der Waals surface area contributed by atoms with E-state index in [1.165, 1.54) is 14.2 Å². The van der Waals surface area contributed by atoms with Crippen LogP contribution in [0.15, 0.2) is 85.6 Å². The number of aliphatic carboxylic acids is 1. The molecule has 0 aromatic heterocycles. The number of ether oxygens (including phenoxy) is 4. The Balaban J connectivity index is 5.24. The van der Waals surface area contributed by atoms with Gasteiger partial charge in [0, 0.05) is 45.8 Å². The van der Waals surface area contributed by atoms with E-state index in [-0.39, 0.29) is 70.5 Å². The summed E-state index contributed by atoms with van der Waals surface area (Å²) in [6.45, 7) is 8.56. The average Bonchev–Trinajstić information content (AvgIpc) is 3.24. The van der Waals surface area contributed by atoms with E-state index in [0.717, 1.165) is 0 Å². The van der Waals surface area contributed by atoms with Crippen LogP contribution in [0.3, 0.4) is 0 Å². The number of hydrogen-bond acceptors (Lipinski definition) is 16. The second-order valence-corrected chi connectivity index (χ2v) is 16.5. The standard InChI is InChI=1S/C48H81NO16/c1-7-9-11-12-13-14-15-16-17-19-39(64-32-44(57)46(49)43(56)31-62-5)22-20-35(47(59)60)24-25-48(61,63-6)30-38(52)28-42(55)40(53)23-21-36(50)27-37(51)29-45(58)65-34(4)26-41(54)33(3)18-10-8-2/h7-19,33-44,46,50-57,61H,2,20-32,49H2,1,3-6H3,(H,59,60)/b9-7+,12-11+,14-13+,16-15+,18-10+,19-17+/t33-,34-,35?,36?,37?,38?,39?,40?,41-,42?,43+,44-,46-,48?/m0/s1. The first-order valence-corrected chi connectivity index (χ1v) is 22.3. The van der Waals surface area contributed by atoms with E-state index >= 15 is 0 Å². The number of rotatable bonds is 38. The van der Waals surface area contributed by atoms with Crippen LogP contribution >= 0.6 is 0 Å². The Bertz CT molecular complexity index is 1470. The van der Waals surface area contributed by atoms with Crippen molar-refractivity contribution in [1.29, 1.82) is 0 Å². The molecule has 0 saturated heterocycles. The molecule has 0 aromatic carbocycles. The second kappa shape index (κ2) is 35.7. The highest BCUT2D eigenvalue weighted by molar-refractivity contribution is 5.70. The van der Waals surface area contributed by atoms with E-state index < -0.39 is 110 Å². The first kappa shape index (κ1) is 61.6. The van der Waals surface area contributed by atoms with Crippen LogP contribution in [0.2, 0.25) is 0 Å². The van der Waals surface area contributed by atoms with Gasteiger partial charge in [-0.05, 0) is 52.4 Å². The monoisotopic (exact) mass is 928 g/mol. The van der Waals surface area contributed by atoms with Crippen molar-refractivity contribution < 1.29 is 79.6 Å². The van der Waals surface area contributed by atoms with Gasteiger partial charge in [-0.25, -0.2) is 0 Å². The Morgan fingerprint density at radius 2 is 1.29 bits per heavy atom. The lowest BCUT2D eigenvalue weighted by molar-refractivity contribution is -0.211. The summed E-state index contributed by atoms with van der Waals surface area (Å²) in [6, 6.07) is -1.06. The highest BCUT2D eigenvalue weighted by atomic mass is 16.6. The molecule has 0 aliphatic rings. The second-order valence-electron chi connectivity index (χ2n) is 16.5. The zero-order chi connectivity index (χ0) is 49.4. The number of nitrogens with two attached hydrogens (primary N) is 1. The lowest BCUT2D eigenvalue weighted by Crippen LogP contribution is -2.49. The summed E-state index contributed by atoms with van der Waals surface area (Å²) in [4.78, 5) is 24.6. The van der Waals surface area contributed by atoms with Crippen molar-refractivity contribution in [1.82, 2.24) is 0 Å². The molecule has 0 amide bonds. The number of carboxylic acids is 1. The fourth-order valence-electron chi connectivity index (χ4n) is 6.64. The summed E-state index contributed by atoms with van der Waals surface area (Å²) in [5, 5.41) is 105. The smallest absolute Gasteiger partial charge is 0.308 e. The van der Waals surface area contributed by atoms with Gasteiger partial charge < -0.3 is 75.7 Å². The fraction of sp³-hybridized carbons (Fsp3) is 0.667. The number of carbonyl (C=O) groups excluding carboxylic acids is 1. The van der Waals surface area contributed by atoms with Crippen LogP contribution in [0.5, 0.6) is 0 Å². The first-order valence-electron chi connectivity index (χ1n) is 22.3. The molecular formula is C48H81NO16. The highest BCUT2D eigenvalue weighted by Gasteiger charge is 2.34. The van der Waals surface area contributed by atoms with Gasteiger partial charge in [-0.15, -0.1) is 0 Å². The number of carboxylic acid groups (broad SMARTS) is 1. The third kappa shape index (κ3) is 29.8. The maximum atomic E-state index is 12.3. The van der Waals surface area contributed by atoms with Crippen LogP contribution in [-0.2, 0) is 28.5 Å². The lowest BCUT2D eigenvalue weighted by Gasteiger charge is -2.31. The molecule has 65 heavy (non-hydrogen) atoms. The Morgan fingerprint density at radius 3 is 1.88 bits per heavy atom. The van der Waals surface area contributed by atoms with Crippen LogP contribution in [0.4, 0.5) is 0 Å². The molecule has 8 unspecified atom stereocenters. The molecule has 17 nitrogen and oxygen atoms in total. The van der Waals surface area contributed by atoms with Crippen molar-refractivity contribution in [2.45, 2.75) is 164 Å². The van der Waals surface area contributed by atoms with Crippen LogP contribution < -0.4 is 5.73 Å². The van der Waals surface area contributed by atoms with Crippen molar-refractivity contribution in [3.8, 4) is 0 Å². The maximum absolute atomic E-state index is 12.3. The molecule has 0 bridgehead atoms. The Kier molecular flexibility index (Phi) is 33.9. The number of esters is 1. The molecule has 0 aliphatic carbocycles. The number of methoxy groups -OCH3 is 2. The van der Waals surface area contributed by atoms with Gasteiger partial charge in [0.05, 0.1) is 86.5 Å². The van der Waals surface area contributed by atoms with Gasteiger partial charge in [0.25, 0.3) is 0 Å². The molecule has 0 heterocycles. The molecule has 374 valence electrons. The Morgan fingerprint density at radius 1 is 0.677 bits per heavy atom. The summed E-state index contributed by atoms with van der Waals surface area (Å²) < 4.78 is 21.4. The first-order chi connectivity index (χ1) is 30.7. The molecule has 0 aromatic rings. The number of aliphatic hydroxyl groups excluding tert-OH is 8. The molecule has 0 spiro atoms. The molecule has 0 radical (unpaired) electrons. The van der Waals surface area contributed by atoms with E-state index in [0.29, 0.717) is 0 Å². The zero-order valence-electron chi connectivity index (χ0n) is 38.9. The highest BCUT2D eigenvalue weighted by Crippen LogP contribution is 2.28. The van der Waals surface area contributed by atoms with E-state index in [1.54, 1.807) is 49.5 Å². The normalized spacial score (nSPS) is 19.8.